The van der Waals surface area contributed by atoms with E-state index in [4.69, 9.17) is 9.26 Å². The zero-order chi connectivity index (χ0) is 24.7. The summed E-state index contributed by atoms with van der Waals surface area (Å²) >= 11 is 0. The lowest BCUT2D eigenvalue weighted by molar-refractivity contribution is -0.189. The van der Waals surface area contributed by atoms with Gasteiger partial charge in [0, 0.05) is 18.4 Å². The number of ether oxygens (including phenoxy) is 1. The summed E-state index contributed by atoms with van der Waals surface area (Å²) in [6.45, 7) is 7.40. The van der Waals surface area contributed by atoms with Crippen LogP contribution in [-0.4, -0.2) is 56.6 Å². The van der Waals surface area contributed by atoms with Crippen LogP contribution in [0.3, 0.4) is 0 Å². The van der Waals surface area contributed by atoms with Crippen molar-refractivity contribution < 1.29 is 27.2 Å². The molecule has 0 atom stereocenters. The van der Waals surface area contributed by atoms with Crippen LogP contribution < -0.4 is 4.74 Å². The summed E-state index contributed by atoms with van der Waals surface area (Å²) in [6.07, 6.45) is -0.536. The van der Waals surface area contributed by atoms with E-state index in [1.165, 1.54) is 16.8 Å². The fourth-order valence-electron chi connectivity index (χ4n) is 4.89. The van der Waals surface area contributed by atoms with E-state index in [2.05, 4.69) is 34.0 Å². The monoisotopic (exact) mass is 491 g/mol. The number of esters is 1. The first-order valence-electron chi connectivity index (χ1n) is 12.1. The van der Waals surface area contributed by atoms with E-state index >= 15 is 0 Å². The van der Waals surface area contributed by atoms with Crippen LogP contribution in [0.4, 0.5) is 13.2 Å². The number of alkyl halides is 3. The van der Waals surface area contributed by atoms with Gasteiger partial charge >= 0.3 is 12.1 Å². The molecule has 0 bridgehead atoms. The third-order valence-electron chi connectivity index (χ3n) is 6.80. The fourth-order valence-corrected chi connectivity index (χ4v) is 4.89. The third kappa shape index (κ3) is 4.78. The highest BCUT2D eigenvalue weighted by molar-refractivity contribution is 5.92. The van der Waals surface area contributed by atoms with Gasteiger partial charge in [-0.2, -0.15) is 27.9 Å². The first kappa shape index (κ1) is 23.8. The van der Waals surface area contributed by atoms with Crippen LogP contribution in [0, 0.1) is 5.92 Å². The first-order chi connectivity index (χ1) is 16.7. The molecule has 1 saturated carbocycles. The number of aromatic nitrogens is 4. The van der Waals surface area contributed by atoms with Crippen molar-refractivity contribution >= 4 is 16.9 Å². The first-order valence-corrected chi connectivity index (χ1v) is 12.1. The van der Waals surface area contributed by atoms with Gasteiger partial charge in [0.05, 0.1) is 16.6 Å². The summed E-state index contributed by atoms with van der Waals surface area (Å²) in [7, 11) is 0. The van der Waals surface area contributed by atoms with Gasteiger partial charge in [-0.25, -0.2) is 4.79 Å². The van der Waals surface area contributed by atoms with Crippen LogP contribution in [0.25, 0.3) is 16.9 Å². The molecule has 0 amide bonds. The lowest BCUT2D eigenvalue weighted by Gasteiger charge is -2.31. The molecule has 2 aliphatic rings. The summed E-state index contributed by atoms with van der Waals surface area (Å²) < 4.78 is 50.5. The van der Waals surface area contributed by atoms with Gasteiger partial charge in [-0.3, -0.25) is 0 Å². The summed E-state index contributed by atoms with van der Waals surface area (Å²) in [5.41, 5.74) is 1.06. The van der Waals surface area contributed by atoms with Crippen LogP contribution in [0.1, 0.15) is 69.4 Å². The minimum absolute atomic E-state index is 0.0705. The van der Waals surface area contributed by atoms with Gasteiger partial charge < -0.3 is 14.2 Å². The van der Waals surface area contributed by atoms with Crippen molar-refractivity contribution in [2.24, 2.45) is 5.92 Å². The van der Waals surface area contributed by atoms with Gasteiger partial charge in [-0.1, -0.05) is 26.3 Å². The van der Waals surface area contributed by atoms with Crippen molar-refractivity contribution in [3.05, 3.63) is 29.8 Å². The maximum absolute atomic E-state index is 12.9. The number of hydrogen-bond donors (Lipinski definition) is 0. The maximum Gasteiger partial charge on any atom is 0.491 e. The van der Waals surface area contributed by atoms with Gasteiger partial charge in [0.15, 0.2) is 0 Å². The van der Waals surface area contributed by atoms with Crippen LogP contribution in [-0.2, 0) is 4.79 Å². The van der Waals surface area contributed by atoms with Gasteiger partial charge in [-0.15, -0.1) is 0 Å². The third-order valence-corrected chi connectivity index (χ3v) is 6.80. The molecule has 2 fully saturated rings. The van der Waals surface area contributed by atoms with Crippen LogP contribution in [0.5, 0.6) is 5.75 Å². The second-order valence-corrected chi connectivity index (χ2v) is 9.86. The highest BCUT2D eigenvalue weighted by Gasteiger charge is 2.42. The number of carbonyl (C=O) groups excluding carboxylic acids is 1. The predicted molar refractivity (Wildman–Crippen MR) is 120 cm³/mol. The molecule has 3 heterocycles. The second kappa shape index (κ2) is 9.25. The molecule has 1 saturated heterocycles. The predicted octanol–water partition coefficient (Wildman–Crippen LogP) is 4.98. The number of piperidine rings is 1. The summed E-state index contributed by atoms with van der Waals surface area (Å²) in [4.78, 5) is 18.6. The maximum atomic E-state index is 12.9. The normalized spacial score (nSPS) is 18.3. The van der Waals surface area contributed by atoms with Crippen molar-refractivity contribution in [2.75, 3.05) is 19.6 Å². The Bertz CT molecular complexity index is 1210. The molecule has 0 N–H and O–H groups in total. The summed E-state index contributed by atoms with van der Waals surface area (Å²) in [5, 5.41) is 9.18. The Balaban J connectivity index is 1.45. The molecule has 8 nitrogen and oxygen atoms in total. The second-order valence-electron chi connectivity index (χ2n) is 9.86. The van der Waals surface area contributed by atoms with Crippen molar-refractivity contribution in [1.29, 1.82) is 0 Å². The highest BCUT2D eigenvalue weighted by atomic mass is 19.4. The molecule has 0 spiro atoms. The van der Waals surface area contributed by atoms with Gasteiger partial charge in [-0.05, 0) is 62.0 Å². The quantitative estimate of drug-likeness (QED) is 0.355. The molecule has 5 rings (SSSR count). The van der Waals surface area contributed by atoms with E-state index < -0.39 is 12.1 Å². The lowest BCUT2D eigenvalue weighted by Crippen LogP contribution is -2.35. The standard InChI is InChI=1S/C24H28F3N5O3/c1-14(2)13-31-11-9-16(10-12-31)21-28-23(30-35-21)32-17-7-4-8-18(34-22(33)24(25,26)27)19(17)20(29-32)15-5-3-6-15/h4,7-8,14-16H,3,5-6,9-13H2,1-2H3. The Morgan fingerprint density at radius 2 is 1.91 bits per heavy atom. The molecule has 0 unspecified atom stereocenters. The molecule has 188 valence electrons. The summed E-state index contributed by atoms with van der Waals surface area (Å²) in [5.74, 6) is -0.837. The Labute approximate surface area is 200 Å². The zero-order valence-electron chi connectivity index (χ0n) is 19.7. The Kier molecular flexibility index (Phi) is 6.29. The van der Waals surface area contributed by atoms with Crippen molar-refractivity contribution in [3.63, 3.8) is 0 Å². The van der Waals surface area contributed by atoms with Crippen LogP contribution in [0.2, 0.25) is 0 Å². The molecule has 3 aromatic rings. The topological polar surface area (TPSA) is 86.3 Å². The minimum Gasteiger partial charge on any atom is -0.419 e. The molecular formula is C24H28F3N5O3. The Morgan fingerprint density at radius 3 is 2.54 bits per heavy atom. The van der Waals surface area contributed by atoms with Crippen LogP contribution in [0.15, 0.2) is 22.7 Å². The number of halogens is 3. The van der Waals surface area contributed by atoms with Gasteiger partial charge in [0.25, 0.3) is 5.95 Å². The van der Waals surface area contributed by atoms with Gasteiger partial charge in [0.2, 0.25) is 5.89 Å². The average molecular weight is 492 g/mol. The summed E-state index contributed by atoms with van der Waals surface area (Å²) in [6, 6.07) is 4.58. The molecule has 1 aliphatic carbocycles. The van der Waals surface area contributed by atoms with Gasteiger partial charge in [0.1, 0.15) is 5.75 Å². The van der Waals surface area contributed by atoms with E-state index in [1.54, 1.807) is 6.07 Å². The zero-order valence-corrected chi connectivity index (χ0v) is 19.7. The van der Waals surface area contributed by atoms with E-state index in [-0.39, 0.29) is 23.5 Å². The molecule has 1 aromatic carbocycles. The smallest absolute Gasteiger partial charge is 0.419 e. The van der Waals surface area contributed by atoms with E-state index in [0.717, 1.165) is 51.7 Å². The highest BCUT2D eigenvalue weighted by Crippen LogP contribution is 2.43. The fraction of sp³-hybridized carbons (Fsp3) is 0.583. The molecule has 35 heavy (non-hydrogen) atoms. The van der Waals surface area contributed by atoms with E-state index in [0.29, 0.717) is 28.4 Å². The number of likely N-dealkylation sites (tertiary alicyclic amines) is 1. The van der Waals surface area contributed by atoms with Crippen molar-refractivity contribution in [3.8, 4) is 11.7 Å². The lowest BCUT2D eigenvalue weighted by atomic mass is 9.82. The number of fused-ring (bicyclic) bond motifs is 1. The molecule has 2 aromatic heterocycles. The van der Waals surface area contributed by atoms with E-state index in [1.807, 2.05) is 0 Å². The van der Waals surface area contributed by atoms with Crippen molar-refractivity contribution in [1.82, 2.24) is 24.8 Å². The number of carbonyl (C=O) groups is 1. The number of benzene rings is 1. The number of rotatable bonds is 6. The van der Waals surface area contributed by atoms with Crippen molar-refractivity contribution in [2.45, 2.75) is 64.0 Å². The largest absolute Gasteiger partial charge is 0.491 e. The Morgan fingerprint density at radius 1 is 1.17 bits per heavy atom. The minimum atomic E-state index is -5.10. The molecular weight excluding hydrogens is 463 g/mol. The Hall–Kier alpha value is -2.95. The molecule has 0 radical (unpaired) electrons. The van der Waals surface area contributed by atoms with Crippen LogP contribution >= 0.6 is 0 Å². The van der Waals surface area contributed by atoms with E-state index in [9.17, 15) is 18.0 Å². The molecule has 1 aliphatic heterocycles. The number of hydrogen-bond acceptors (Lipinski definition) is 7. The number of nitrogens with zero attached hydrogens (tertiary/aromatic N) is 5. The average Bonchev–Trinajstić information content (AvgIpc) is 3.38. The molecule has 11 heteroatoms. The SMILES string of the molecule is CC(C)CN1CCC(c2nc(-n3nc(C4CCC4)c4c(OC(=O)C(F)(F)F)cccc43)no2)CC1.